The molecular formula is C23H29FN2O2. The fourth-order valence-corrected chi connectivity index (χ4v) is 3.89. The number of rotatable bonds is 7. The molecule has 0 spiro atoms. The fourth-order valence-electron chi connectivity index (χ4n) is 3.89. The minimum absolute atomic E-state index is 0.0972. The van der Waals surface area contributed by atoms with Crippen molar-refractivity contribution in [3.63, 3.8) is 0 Å². The molecule has 1 aliphatic rings. The van der Waals surface area contributed by atoms with Crippen molar-refractivity contribution in [1.29, 1.82) is 0 Å². The number of piperidine rings is 1. The summed E-state index contributed by atoms with van der Waals surface area (Å²) in [5.74, 6) is 0.578. The Kier molecular flexibility index (Phi) is 7.04. The third-order valence-electron chi connectivity index (χ3n) is 5.43. The van der Waals surface area contributed by atoms with Crippen LogP contribution in [0.1, 0.15) is 42.1 Å². The third kappa shape index (κ3) is 4.90. The quantitative estimate of drug-likeness (QED) is 0.711. The van der Waals surface area contributed by atoms with Crippen molar-refractivity contribution < 1.29 is 13.9 Å². The van der Waals surface area contributed by atoms with Crippen molar-refractivity contribution in [2.75, 3.05) is 26.7 Å². The van der Waals surface area contributed by atoms with Crippen LogP contribution >= 0.6 is 0 Å². The second-order valence-corrected chi connectivity index (χ2v) is 7.32. The van der Waals surface area contributed by atoms with Crippen LogP contribution in [0.5, 0.6) is 5.75 Å². The number of halogens is 1. The number of carbonyl (C=O) groups is 1. The van der Waals surface area contributed by atoms with E-state index in [0.717, 1.165) is 44.5 Å². The summed E-state index contributed by atoms with van der Waals surface area (Å²) in [6.07, 6.45) is 2.82. The van der Waals surface area contributed by atoms with E-state index in [4.69, 9.17) is 4.74 Å². The van der Waals surface area contributed by atoms with E-state index in [9.17, 15) is 9.18 Å². The van der Waals surface area contributed by atoms with Gasteiger partial charge in [-0.1, -0.05) is 25.1 Å². The molecule has 5 heteroatoms. The highest BCUT2D eigenvalue weighted by molar-refractivity contribution is 5.94. The van der Waals surface area contributed by atoms with Gasteiger partial charge in [0.05, 0.1) is 7.11 Å². The van der Waals surface area contributed by atoms with Crippen LogP contribution in [0, 0.1) is 5.82 Å². The van der Waals surface area contributed by atoms with Gasteiger partial charge in [0.2, 0.25) is 0 Å². The standard InChI is InChI=1S/C23H29FN2O2/c1-3-13-26(17-19-16-21(28-2)9-10-22(19)24)20-11-14-25(15-12-20)23(27)18-7-5-4-6-8-18/h4-10,16,20H,3,11-15,17H2,1-2H3. The largest absolute Gasteiger partial charge is 0.497 e. The van der Waals surface area contributed by atoms with Gasteiger partial charge >= 0.3 is 0 Å². The number of amides is 1. The summed E-state index contributed by atoms with van der Waals surface area (Å²) in [5, 5.41) is 0. The molecule has 0 N–H and O–H groups in total. The van der Waals surface area contributed by atoms with Crippen LogP contribution in [-0.2, 0) is 6.54 Å². The van der Waals surface area contributed by atoms with Crippen molar-refractivity contribution in [3.05, 3.63) is 65.5 Å². The van der Waals surface area contributed by atoms with E-state index in [2.05, 4.69) is 11.8 Å². The van der Waals surface area contributed by atoms with E-state index in [1.165, 1.54) is 6.07 Å². The summed E-state index contributed by atoms with van der Waals surface area (Å²) in [4.78, 5) is 16.9. The van der Waals surface area contributed by atoms with E-state index in [1.54, 1.807) is 19.2 Å². The van der Waals surface area contributed by atoms with E-state index in [-0.39, 0.29) is 11.7 Å². The van der Waals surface area contributed by atoms with Crippen molar-refractivity contribution in [2.24, 2.45) is 0 Å². The molecule has 1 heterocycles. The molecule has 1 saturated heterocycles. The minimum atomic E-state index is -0.196. The van der Waals surface area contributed by atoms with Gasteiger partial charge < -0.3 is 9.64 Å². The van der Waals surface area contributed by atoms with Crippen LogP contribution in [-0.4, -0.2) is 48.5 Å². The van der Waals surface area contributed by atoms with E-state index >= 15 is 0 Å². The van der Waals surface area contributed by atoms with Crippen LogP contribution in [0.25, 0.3) is 0 Å². The summed E-state index contributed by atoms with van der Waals surface area (Å²) < 4.78 is 19.5. The van der Waals surface area contributed by atoms with Crippen LogP contribution < -0.4 is 4.74 Å². The highest BCUT2D eigenvalue weighted by atomic mass is 19.1. The van der Waals surface area contributed by atoms with Crippen molar-refractivity contribution >= 4 is 5.91 Å². The topological polar surface area (TPSA) is 32.8 Å². The normalized spacial score (nSPS) is 15.1. The molecule has 150 valence electrons. The predicted octanol–water partition coefficient (Wildman–Crippen LogP) is 4.35. The zero-order chi connectivity index (χ0) is 19.9. The number of benzene rings is 2. The molecule has 0 saturated carbocycles. The van der Waals surface area contributed by atoms with Gasteiger partial charge in [-0.2, -0.15) is 0 Å². The van der Waals surface area contributed by atoms with Gasteiger partial charge in [-0.25, -0.2) is 4.39 Å². The van der Waals surface area contributed by atoms with E-state index in [1.807, 2.05) is 35.2 Å². The average molecular weight is 384 g/mol. The average Bonchev–Trinajstić information content (AvgIpc) is 2.75. The highest BCUT2D eigenvalue weighted by Gasteiger charge is 2.27. The highest BCUT2D eigenvalue weighted by Crippen LogP contribution is 2.24. The van der Waals surface area contributed by atoms with Crippen LogP contribution in [0.3, 0.4) is 0 Å². The van der Waals surface area contributed by atoms with E-state index in [0.29, 0.717) is 23.9 Å². The summed E-state index contributed by atoms with van der Waals surface area (Å²) in [7, 11) is 1.60. The number of ether oxygens (including phenoxy) is 1. The lowest BCUT2D eigenvalue weighted by molar-refractivity contribution is 0.0606. The number of methoxy groups -OCH3 is 1. The molecule has 0 atom stereocenters. The Balaban J connectivity index is 1.64. The molecule has 0 unspecified atom stereocenters. The van der Waals surface area contributed by atoms with Gasteiger partial charge in [-0.05, 0) is 56.1 Å². The van der Waals surface area contributed by atoms with Crippen LogP contribution in [0.2, 0.25) is 0 Å². The predicted molar refractivity (Wildman–Crippen MR) is 109 cm³/mol. The van der Waals surface area contributed by atoms with Gasteiger partial charge in [0.1, 0.15) is 11.6 Å². The first-order valence-corrected chi connectivity index (χ1v) is 10.0. The van der Waals surface area contributed by atoms with Gasteiger partial charge in [0, 0.05) is 36.8 Å². The molecule has 0 aromatic heterocycles. The molecule has 4 nitrogen and oxygen atoms in total. The smallest absolute Gasteiger partial charge is 0.253 e. The first kappa shape index (κ1) is 20.3. The Morgan fingerprint density at radius 1 is 1.18 bits per heavy atom. The lowest BCUT2D eigenvalue weighted by Crippen LogP contribution is -2.46. The molecule has 0 aliphatic carbocycles. The van der Waals surface area contributed by atoms with Crippen molar-refractivity contribution in [1.82, 2.24) is 9.80 Å². The summed E-state index contributed by atoms with van der Waals surface area (Å²) in [6, 6.07) is 14.7. The molecule has 2 aromatic rings. The first-order valence-electron chi connectivity index (χ1n) is 10.0. The second-order valence-electron chi connectivity index (χ2n) is 7.32. The Hall–Kier alpha value is -2.40. The van der Waals surface area contributed by atoms with Gasteiger partial charge in [0.25, 0.3) is 5.91 Å². The van der Waals surface area contributed by atoms with Crippen molar-refractivity contribution in [2.45, 2.75) is 38.8 Å². The number of nitrogens with zero attached hydrogens (tertiary/aromatic N) is 2. The van der Waals surface area contributed by atoms with Crippen LogP contribution in [0.4, 0.5) is 4.39 Å². The summed E-state index contributed by atoms with van der Waals surface area (Å²) >= 11 is 0. The Bertz CT molecular complexity index is 773. The maximum Gasteiger partial charge on any atom is 0.253 e. The maximum atomic E-state index is 14.3. The molecule has 1 aliphatic heterocycles. The number of hydrogen-bond donors (Lipinski definition) is 0. The SMILES string of the molecule is CCCN(Cc1cc(OC)ccc1F)C1CCN(C(=O)c2ccccc2)CC1. The lowest BCUT2D eigenvalue weighted by atomic mass is 10.0. The molecule has 3 rings (SSSR count). The number of carbonyl (C=O) groups excluding carboxylic acids is 1. The Morgan fingerprint density at radius 3 is 2.54 bits per heavy atom. The molecule has 1 fully saturated rings. The summed E-state index contributed by atoms with van der Waals surface area (Å²) in [6.45, 7) is 5.09. The monoisotopic (exact) mass is 384 g/mol. The molecule has 28 heavy (non-hydrogen) atoms. The Morgan fingerprint density at radius 2 is 1.89 bits per heavy atom. The van der Waals surface area contributed by atoms with E-state index < -0.39 is 0 Å². The molecule has 1 amide bonds. The summed E-state index contributed by atoms with van der Waals surface area (Å²) in [5.41, 5.74) is 1.40. The molecule has 2 aromatic carbocycles. The zero-order valence-electron chi connectivity index (χ0n) is 16.7. The van der Waals surface area contributed by atoms with Gasteiger partial charge in [-0.15, -0.1) is 0 Å². The maximum absolute atomic E-state index is 14.3. The minimum Gasteiger partial charge on any atom is -0.497 e. The molecule has 0 bridgehead atoms. The second kappa shape index (κ2) is 9.69. The zero-order valence-corrected chi connectivity index (χ0v) is 16.7. The lowest BCUT2D eigenvalue weighted by Gasteiger charge is -2.38. The number of hydrogen-bond acceptors (Lipinski definition) is 3. The van der Waals surface area contributed by atoms with Gasteiger partial charge in [0.15, 0.2) is 0 Å². The fraction of sp³-hybridized carbons (Fsp3) is 0.435. The van der Waals surface area contributed by atoms with Gasteiger partial charge in [-0.3, -0.25) is 9.69 Å². The molecular weight excluding hydrogens is 355 g/mol. The first-order chi connectivity index (χ1) is 13.6. The third-order valence-corrected chi connectivity index (χ3v) is 5.43. The van der Waals surface area contributed by atoms with Crippen LogP contribution in [0.15, 0.2) is 48.5 Å². The molecule has 0 radical (unpaired) electrons. The van der Waals surface area contributed by atoms with Crippen molar-refractivity contribution in [3.8, 4) is 5.75 Å². The Labute approximate surface area is 166 Å². The number of likely N-dealkylation sites (tertiary alicyclic amines) is 1.